The van der Waals surface area contributed by atoms with Crippen molar-refractivity contribution >= 4 is 22.1 Å². The quantitative estimate of drug-likeness (QED) is 0.802. The molecule has 4 nitrogen and oxygen atoms in total. The number of carbonyl (C=O) groups is 1. The molecule has 0 fully saturated rings. The first kappa shape index (κ1) is 11.8. The second-order valence-corrected chi connectivity index (χ2v) is 2.77. The van der Waals surface area contributed by atoms with Gasteiger partial charge in [0.05, 0.1) is 11.6 Å². The maximum absolute atomic E-state index is 8.56. The molecule has 0 heterocycles. The lowest BCUT2D eigenvalue weighted by atomic mass is 10.3. The van der Waals surface area contributed by atoms with E-state index in [-0.39, 0.29) is 0 Å². The molecule has 0 bridgehead atoms. The van der Waals surface area contributed by atoms with Gasteiger partial charge in [0, 0.05) is 0 Å². The van der Waals surface area contributed by atoms with E-state index in [1.807, 2.05) is 24.3 Å². The Morgan fingerprint density at radius 2 is 1.85 bits per heavy atom. The van der Waals surface area contributed by atoms with Crippen molar-refractivity contribution in [1.82, 2.24) is 0 Å². The van der Waals surface area contributed by atoms with E-state index in [4.69, 9.17) is 19.7 Å². The standard InChI is InChI=1S/C7H7BrO.CH2O3/c1-9-7-5-3-2-4-6(7)8;2-1(3)4/h2-5H,1H3;(H2,2,3,4). The van der Waals surface area contributed by atoms with E-state index in [0.29, 0.717) is 0 Å². The zero-order chi connectivity index (χ0) is 10.3. The molecule has 0 aliphatic rings. The summed E-state index contributed by atoms with van der Waals surface area (Å²) in [5.74, 6) is 0.873. The molecule has 1 aromatic carbocycles. The topological polar surface area (TPSA) is 66.8 Å². The molecule has 0 saturated carbocycles. The Balaban J connectivity index is 0.000000310. The van der Waals surface area contributed by atoms with Crippen LogP contribution in [-0.4, -0.2) is 23.5 Å². The van der Waals surface area contributed by atoms with Gasteiger partial charge in [-0.25, -0.2) is 4.79 Å². The first-order valence-corrected chi connectivity index (χ1v) is 4.07. The van der Waals surface area contributed by atoms with Crippen molar-refractivity contribution in [2.24, 2.45) is 0 Å². The summed E-state index contributed by atoms with van der Waals surface area (Å²) in [5, 5.41) is 13.9. The fraction of sp³-hybridized carbons (Fsp3) is 0.125. The number of methoxy groups -OCH3 is 1. The molecule has 5 heteroatoms. The van der Waals surface area contributed by atoms with Crippen LogP contribution >= 0.6 is 15.9 Å². The van der Waals surface area contributed by atoms with E-state index >= 15 is 0 Å². The first-order valence-electron chi connectivity index (χ1n) is 3.28. The van der Waals surface area contributed by atoms with Crippen molar-refractivity contribution in [3.8, 4) is 5.75 Å². The van der Waals surface area contributed by atoms with Gasteiger partial charge >= 0.3 is 6.16 Å². The fourth-order valence-electron chi connectivity index (χ4n) is 0.610. The normalized spacial score (nSPS) is 8.15. The van der Waals surface area contributed by atoms with Gasteiger partial charge < -0.3 is 14.9 Å². The van der Waals surface area contributed by atoms with Crippen LogP contribution in [0.2, 0.25) is 0 Å². The van der Waals surface area contributed by atoms with Crippen LogP contribution in [-0.2, 0) is 0 Å². The third-order valence-corrected chi connectivity index (χ3v) is 1.71. The van der Waals surface area contributed by atoms with E-state index in [1.165, 1.54) is 0 Å². The Labute approximate surface area is 83.9 Å². The van der Waals surface area contributed by atoms with Gasteiger partial charge in [-0.15, -0.1) is 0 Å². The molecule has 0 spiro atoms. The van der Waals surface area contributed by atoms with Crippen LogP contribution in [0.4, 0.5) is 4.79 Å². The van der Waals surface area contributed by atoms with Gasteiger partial charge in [-0.05, 0) is 28.1 Å². The summed E-state index contributed by atoms with van der Waals surface area (Å²) in [6, 6.07) is 7.74. The largest absolute Gasteiger partial charge is 0.503 e. The van der Waals surface area contributed by atoms with Crippen molar-refractivity contribution < 1.29 is 19.7 Å². The van der Waals surface area contributed by atoms with Crippen LogP contribution in [0.3, 0.4) is 0 Å². The average Bonchev–Trinajstić information content (AvgIpc) is 2.04. The van der Waals surface area contributed by atoms with Crippen LogP contribution in [0.5, 0.6) is 5.75 Å². The molecule has 0 radical (unpaired) electrons. The second-order valence-electron chi connectivity index (χ2n) is 1.92. The molecule has 0 aliphatic heterocycles. The molecule has 1 aromatic rings. The van der Waals surface area contributed by atoms with Crippen LogP contribution in [0.1, 0.15) is 0 Å². The fourth-order valence-corrected chi connectivity index (χ4v) is 1.06. The monoisotopic (exact) mass is 248 g/mol. The summed E-state index contributed by atoms with van der Waals surface area (Å²) in [6.45, 7) is 0. The highest BCUT2D eigenvalue weighted by molar-refractivity contribution is 9.10. The summed E-state index contributed by atoms with van der Waals surface area (Å²) in [7, 11) is 1.65. The van der Waals surface area contributed by atoms with Gasteiger partial charge in [0.2, 0.25) is 0 Å². The molecule has 2 N–H and O–H groups in total. The van der Waals surface area contributed by atoms with Crippen LogP contribution < -0.4 is 4.74 Å². The molecule has 0 saturated heterocycles. The number of para-hydroxylation sites is 1. The van der Waals surface area contributed by atoms with Crippen molar-refractivity contribution in [2.45, 2.75) is 0 Å². The second kappa shape index (κ2) is 6.30. The van der Waals surface area contributed by atoms with Gasteiger partial charge in [-0.3, -0.25) is 0 Å². The number of hydrogen-bond acceptors (Lipinski definition) is 2. The highest BCUT2D eigenvalue weighted by Gasteiger charge is 1.92. The molecule has 13 heavy (non-hydrogen) atoms. The third-order valence-electron chi connectivity index (χ3n) is 1.06. The lowest BCUT2D eigenvalue weighted by Crippen LogP contribution is -1.81. The van der Waals surface area contributed by atoms with Gasteiger partial charge in [-0.1, -0.05) is 12.1 Å². The van der Waals surface area contributed by atoms with E-state index in [9.17, 15) is 0 Å². The first-order chi connectivity index (χ1) is 6.07. The van der Waals surface area contributed by atoms with Crippen LogP contribution in [0, 0.1) is 0 Å². The molecule has 72 valence electrons. The number of rotatable bonds is 1. The number of ether oxygens (including phenoxy) is 1. The van der Waals surface area contributed by atoms with Gasteiger partial charge in [-0.2, -0.15) is 0 Å². The number of halogens is 1. The Hall–Kier alpha value is -1.23. The zero-order valence-electron chi connectivity index (χ0n) is 6.90. The molecule has 1 rings (SSSR count). The minimum absolute atomic E-state index is 0.873. The van der Waals surface area contributed by atoms with Gasteiger partial charge in [0.15, 0.2) is 0 Å². The minimum atomic E-state index is -1.83. The van der Waals surface area contributed by atoms with Gasteiger partial charge in [0.1, 0.15) is 5.75 Å². The Bertz CT molecular complexity index is 271. The predicted molar refractivity (Wildman–Crippen MR) is 51.3 cm³/mol. The lowest BCUT2D eigenvalue weighted by molar-refractivity contribution is 0.137. The Kier molecular flexibility index (Phi) is 5.71. The molecule has 0 amide bonds. The van der Waals surface area contributed by atoms with Crippen molar-refractivity contribution in [3.63, 3.8) is 0 Å². The number of carboxylic acid groups (broad SMARTS) is 2. The van der Waals surface area contributed by atoms with Gasteiger partial charge in [0.25, 0.3) is 0 Å². The van der Waals surface area contributed by atoms with E-state index < -0.39 is 6.16 Å². The third kappa shape index (κ3) is 5.98. The van der Waals surface area contributed by atoms with E-state index in [0.717, 1.165) is 10.2 Å². The van der Waals surface area contributed by atoms with Crippen molar-refractivity contribution in [3.05, 3.63) is 28.7 Å². The highest BCUT2D eigenvalue weighted by Crippen LogP contribution is 2.22. The maximum Gasteiger partial charge on any atom is 0.503 e. The summed E-state index contributed by atoms with van der Waals surface area (Å²) in [5.41, 5.74) is 0. The molecule has 0 aromatic heterocycles. The highest BCUT2D eigenvalue weighted by atomic mass is 79.9. The van der Waals surface area contributed by atoms with Crippen molar-refractivity contribution in [2.75, 3.05) is 7.11 Å². The van der Waals surface area contributed by atoms with E-state index in [2.05, 4.69) is 15.9 Å². The number of benzene rings is 1. The molecule has 0 atom stereocenters. The smallest absolute Gasteiger partial charge is 0.496 e. The summed E-state index contributed by atoms with van der Waals surface area (Å²) in [6.07, 6.45) is -1.83. The van der Waals surface area contributed by atoms with E-state index in [1.54, 1.807) is 7.11 Å². The molecule has 0 aliphatic carbocycles. The SMILES string of the molecule is COc1ccccc1Br.O=C(O)O. The summed E-state index contributed by atoms with van der Waals surface area (Å²) in [4.78, 5) is 8.56. The Morgan fingerprint density at radius 3 is 2.15 bits per heavy atom. The van der Waals surface area contributed by atoms with Crippen LogP contribution in [0.25, 0.3) is 0 Å². The number of hydrogen-bond donors (Lipinski definition) is 2. The van der Waals surface area contributed by atoms with Crippen molar-refractivity contribution in [1.29, 1.82) is 0 Å². The Morgan fingerprint density at radius 1 is 1.38 bits per heavy atom. The zero-order valence-corrected chi connectivity index (χ0v) is 8.48. The minimum Gasteiger partial charge on any atom is -0.496 e. The summed E-state index contributed by atoms with van der Waals surface area (Å²) >= 11 is 3.33. The average molecular weight is 249 g/mol. The predicted octanol–water partition coefficient (Wildman–Crippen LogP) is 2.68. The lowest BCUT2D eigenvalue weighted by Gasteiger charge is -1.99. The summed E-state index contributed by atoms with van der Waals surface area (Å²) < 4.78 is 5.99. The molecular formula is C8H9BrO4. The maximum atomic E-state index is 8.56. The molecule has 0 unspecified atom stereocenters. The van der Waals surface area contributed by atoms with Crippen LogP contribution in [0.15, 0.2) is 28.7 Å². The molecular weight excluding hydrogens is 240 g/mol.